The molecule has 0 bridgehead atoms. The van der Waals surface area contributed by atoms with Crippen molar-refractivity contribution < 1.29 is 19.5 Å². The SMILES string of the molecule is CC(NC(=O)C1(C)CCCN1C(=O)c1ccccc1)C(C)C(=O)O. The van der Waals surface area contributed by atoms with E-state index in [9.17, 15) is 14.4 Å². The van der Waals surface area contributed by atoms with Crippen LogP contribution in [0.1, 0.15) is 44.0 Å². The maximum Gasteiger partial charge on any atom is 0.308 e. The van der Waals surface area contributed by atoms with Crippen molar-refractivity contribution in [1.82, 2.24) is 10.2 Å². The summed E-state index contributed by atoms with van der Waals surface area (Å²) >= 11 is 0. The number of rotatable bonds is 5. The molecule has 0 aliphatic carbocycles. The van der Waals surface area contributed by atoms with Crippen molar-refractivity contribution in [1.29, 1.82) is 0 Å². The zero-order chi connectivity index (χ0) is 17.9. The zero-order valence-corrected chi connectivity index (χ0v) is 14.3. The van der Waals surface area contributed by atoms with E-state index in [0.29, 0.717) is 18.5 Å². The van der Waals surface area contributed by atoms with Crippen LogP contribution in [-0.2, 0) is 9.59 Å². The molecule has 0 aromatic heterocycles. The second kappa shape index (κ2) is 7.03. The number of carbonyl (C=O) groups excluding carboxylic acids is 2. The summed E-state index contributed by atoms with van der Waals surface area (Å²) in [7, 11) is 0. The summed E-state index contributed by atoms with van der Waals surface area (Å²) in [5, 5.41) is 11.8. The van der Waals surface area contributed by atoms with Crippen LogP contribution in [0.25, 0.3) is 0 Å². The molecule has 0 spiro atoms. The van der Waals surface area contributed by atoms with Gasteiger partial charge in [-0.3, -0.25) is 14.4 Å². The Morgan fingerprint density at radius 2 is 1.83 bits per heavy atom. The molecular formula is C18H24N2O4. The molecule has 24 heavy (non-hydrogen) atoms. The number of nitrogens with one attached hydrogen (secondary N) is 1. The van der Waals surface area contributed by atoms with Gasteiger partial charge in [0, 0.05) is 18.2 Å². The maximum absolute atomic E-state index is 12.8. The first-order valence-electron chi connectivity index (χ1n) is 8.18. The summed E-state index contributed by atoms with van der Waals surface area (Å²) in [5.74, 6) is -2.14. The molecule has 2 rings (SSSR count). The van der Waals surface area contributed by atoms with Gasteiger partial charge in [0.1, 0.15) is 5.54 Å². The van der Waals surface area contributed by atoms with Gasteiger partial charge in [-0.2, -0.15) is 0 Å². The van der Waals surface area contributed by atoms with Crippen LogP contribution >= 0.6 is 0 Å². The fourth-order valence-electron chi connectivity index (χ4n) is 2.96. The molecule has 1 fully saturated rings. The molecule has 1 aromatic carbocycles. The third-order valence-electron chi connectivity index (χ3n) is 4.89. The molecule has 3 unspecified atom stereocenters. The predicted octanol–water partition coefficient (Wildman–Crippen LogP) is 1.91. The second-order valence-electron chi connectivity index (χ2n) is 6.59. The zero-order valence-electron chi connectivity index (χ0n) is 14.3. The van der Waals surface area contributed by atoms with Crippen molar-refractivity contribution in [2.24, 2.45) is 5.92 Å². The van der Waals surface area contributed by atoms with E-state index in [0.717, 1.165) is 6.42 Å². The van der Waals surface area contributed by atoms with Gasteiger partial charge in [0.15, 0.2) is 0 Å². The van der Waals surface area contributed by atoms with Crippen LogP contribution in [0.15, 0.2) is 30.3 Å². The minimum atomic E-state index is -0.961. The molecule has 6 heteroatoms. The van der Waals surface area contributed by atoms with Crippen molar-refractivity contribution >= 4 is 17.8 Å². The minimum absolute atomic E-state index is 0.176. The molecule has 2 N–H and O–H groups in total. The van der Waals surface area contributed by atoms with Crippen LogP contribution in [-0.4, -0.2) is 45.9 Å². The smallest absolute Gasteiger partial charge is 0.308 e. The lowest BCUT2D eigenvalue weighted by molar-refractivity contribution is -0.142. The van der Waals surface area contributed by atoms with Gasteiger partial charge in [-0.05, 0) is 45.7 Å². The number of carbonyl (C=O) groups is 3. The topological polar surface area (TPSA) is 86.7 Å². The predicted molar refractivity (Wildman–Crippen MR) is 89.5 cm³/mol. The lowest BCUT2D eigenvalue weighted by Gasteiger charge is -2.35. The molecule has 130 valence electrons. The molecule has 1 aliphatic heterocycles. The van der Waals surface area contributed by atoms with Gasteiger partial charge in [0.05, 0.1) is 5.92 Å². The first-order valence-corrected chi connectivity index (χ1v) is 8.18. The van der Waals surface area contributed by atoms with Crippen molar-refractivity contribution in [3.8, 4) is 0 Å². The molecule has 1 heterocycles. The highest BCUT2D eigenvalue weighted by atomic mass is 16.4. The lowest BCUT2D eigenvalue weighted by Crippen LogP contribution is -2.57. The minimum Gasteiger partial charge on any atom is -0.481 e. The number of amides is 2. The van der Waals surface area contributed by atoms with Crippen molar-refractivity contribution in [3.63, 3.8) is 0 Å². The summed E-state index contributed by atoms with van der Waals surface area (Å²) < 4.78 is 0. The van der Waals surface area contributed by atoms with Gasteiger partial charge < -0.3 is 15.3 Å². The van der Waals surface area contributed by atoms with Gasteiger partial charge in [-0.25, -0.2) is 0 Å². The number of hydrogen-bond acceptors (Lipinski definition) is 3. The Balaban J connectivity index is 2.16. The number of hydrogen-bond donors (Lipinski definition) is 2. The number of carboxylic acids is 1. The molecule has 6 nitrogen and oxygen atoms in total. The number of carboxylic acid groups (broad SMARTS) is 1. The van der Waals surface area contributed by atoms with E-state index >= 15 is 0 Å². The normalized spacial score (nSPS) is 22.7. The Hall–Kier alpha value is -2.37. The van der Waals surface area contributed by atoms with E-state index in [1.54, 1.807) is 49.9 Å². The Bertz CT molecular complexity index is 631. The van der Waals surface area contributed by atoms with Crippen molar-refractivity contribution in [3.05, 3.63) is 35.9 Å². The number of benzene rings is 1. The first kappa shape index (κ1) is 18.0. The van der Waals surface area contributed by atoms with Crippen molar-refractivity contribution in [2.45, 2.75) is 45.2 Å². The summed E-state index contributed by atoms with van der Waals surface area (Å²) in [4.78, 5) is 38.2. The largest absolute Gasteiger partial charge is 0.481 e. The van der Waals surface area contributed by atoms with E-state index < -0.39 is 23.5 Å². The van der Waals surface area contributed by atoms with E-state index in [2.05, 4.69) is 5.32 Å². The van der Waals surface area contributed by atoms with Gasteiger partial charge in [-0.1, -0.05) is 18.2 Å². The highest BCUT2D eigenvalue weighted by molar-refractivity contribution is 5.99. The van der Waals surface area contributed by atoms with Crippen LogP contribution in [0.3, 0.4) is 0 Å². The summed E-state index contributed by atoms with van der Waals surface area (Å²) in [6.45, 7) is 5.48. The number of aliphatic carboxylic acids is 1. The average molecular weight is 332 g/mol. The molecule has 1 aliphatic rings. The highest BCUT2D eigenvalue weighted by Crippen LogP contribution is 2.31. The lowest BCUT2D eigenvalue weighted by atomic mass is 9.95. The standard InChI is InChI=1S/C18H24N2O4/c1-12(16(22)23)13(2)19-17(24)18(3)10-7-11-20(18)15(21)14-8-5-4-6-9-14/h4-6,8-9,12-13H,7,10-11H2,1-3H3,(H,19,24)(H,22,23). The van der Waals surface area contributed by atoms with Crippen LogP contribution in [0.4, 0.5) is 0 Å². The Morgan fingerprint density at radius 1 is 1.21 bits per heavy atom. The maximum atomic E-state index is 12.8. The molecule has 1 aromatic rings. The van der Waals surface area contributed by atoms with E-state index in [4.69, 9.17) is 5.11 Å². The molecular weight excluding hydrogens is 308 g/mol. The fraction of sp³-hybridized carbons (Fsp3) is 0.500. The Kier molecular flexibility index (Phi) is 5.26. The fourth-order valence-corrected chi connectivity index (χ4v) is 2.96. The van der Waals surface area contributed by atoms with Crippen LogP contribution in [0.2, 0.25) is 0 Å². The van der Waals surface area contributed by atoms with Gasteiger partial charge in [-0.15, -0.1) is 0 Å². The van der Waals surface area contributed by atoms with Gasteiger partial charge in [0.2, 0.25) is 5.91 Å². The Labute approximate surface area is 141 Å². The van der Waals surface area contributed by atoms with Crippen LogP contribution in [0, 0.1) is 5.92 Å². The Morgan fingerprint density at radius 3 is 2.42 bits per heavy atom. The molecule has 0 radical (unpaired) electrons. The highest BCUT2D eigenvalue weighted by Gasteiger charge is 2.46. The van der Waals surface area contributed by atoms with Gasteiger partial charge >= 0.3 is 5.97 Å². The molecule has 0 saturated carbocycles. The molecule has 2 amide bonds. The van der Waals surface area contributed by atoms with E-state index in [1.807, 2.05) is 6.07 Å². The average Bonchev–Trinajstić information content (AvgIpc) is 2.97. The second-order valence-corrected chi connectivity index (χ2v) is 6.59. The van der Waals surface area contributed by atoms with Gasteiger partial charge in [0.25, 0.3) is 5.91 Å². The quantitative estimate of drug-likeness (QED) is 0.862. The third kappa shape index (κ3) is 3.42. The first-order chi connectivity index (χ1) is 11.3. The monoisotopic (exact) mass is 332 g/mol. The summed E-state index contributed by atoms with van der Waals surface area (Å²) in [6, 6.07) is 8.36. The van der Waals surface area contributed by atoms with E-state index in [1.165, 1.54) is 0 Å². The number of likely N-dealkylation sites (tertiary alicyclic amines) is 1. The molecule has 1 saturated heterocycles. The van der Waals surface area contributed by atoms with Crippen LogP contribution < -0.4 is 5.32 Å². The van der Waals surface area contributed by atoms with Crippen molar-refractivity contribution in [2.75, 3.05) is 6.54 Å². The number of nitrogens with zero attached hydrogens (tertiary/aromatic N) is 1. The summed E-state index contributed by atoms with van der Waals surface area (Å²) in [6.07, 6.45) is 1.30. The van der Waals surface area contributed by atoms with E-state index in [-0.39, 0.29) is 11.8 Å². The van der Waals surface area contributed by atoms with Crippen LogP contribution in [0.5, 0.6) is 0 Å². The summed E-state index contributed by atoms with van der Waals surface area (Å²) in [5.41, 5.74) is -0.412. The third-order valence-corrected chi connectivity index (χ3v) is 4.89. The molecule has 3 atom stereocenters.